The molecule has 0 bridgehead atoms. The van der Waals surface area contributed by atoms with E-state index in [1.165, 1.54) is 19.2 Å². The lowest BCUT2D eigenvalue weighted by Crippen LogP contribution is -2.43. The van der Waals surface area contributed by atoms with Gasteiger partial charge < -0.3 is 4.74 Å². The average molecular weight is 442 g/mol. The Morgan fingerprint density at radius 2 is 1.81 bits per heavy atom. The maximum absolute atomic E-state index is 13.5. The van der Waals surface area contributed by atoms with Crippen molar-refractivity contribution >= 4 is 29.0 Å². The van der Waals surface area contributed by atoms with E-state index in [1.807, 2.05) is 26.8 Å². The molecule has 31 heavy (non-hydrogen) atoms. The Labute approximate surface area is 186 Å². The lowest BCUT2D eigenvalue weighted by molar-refractivity contribution is -0.121. The number of Topliss-reactive ketones (excluding diaryl/α,β-unsaturated/α-hetero) is 1. The number of anilines is 1. The summed E-state index contributed by atoms with van der Waals surface area (Å²) in [5.41, 5.74) is 3.23. The fraction of sp³-hybridized carbons (Fsp3) is 0.360. The number of allylic oxidation sites excluding steroid dienone is 2. The molecule has 4 nitrogen and oxygen atoms in total. The molecule has 1 atom stereocenters. The van der Waals surface area contributed by atoms with Gasteiger partial charge >= 0.3 is 0 Å². The standard InChI is InChI=1S/C25H25ClFNO3/c1-14-9-19(22(31-4)11-18(14)26)28-20-12-25(2,3)13-21(29)24(20)17(10-23(28)30)15-5-7-16(27)8-6-15/h5-9,11,17H,10,12-13H2,1-4H3. The predicted molar refractivity (Wildman–Crippen MR) is 119 cm³/mol. The molecule has 1 aliphatic heterocycles. The maximum atomic E-state index is 13.5. The summed E-state index contributed by atoms with van der Waals surface area (Å²) in [4.78, 5) is 28.5. The summed E-state index contributed by atoms with van der Waals surface area (Å²) >= 11 is 6.28. The number of aryl methyl sites for hydroxylation is 1. The first kappa shape index (κ1) is 21.6. The van der Waals surface area contributed by atoms with Gasteiger partial charge in [0, 0.05) is 41.1 Å². The summed E-state index contributed by atoms with van der Waals surface area (Å²) in [6, 6.07) is 9.58. The van der Waals surface area contributed by atoms with Crippen molar-refractivity contribution in [2.75, 3.05) is 12.0 Å². The molecule has 4 rings (SSSR count). The van der Waals surface area contributed by atoms with E-state index in [0.29, 0.717) is 40.6 Å². The molecule has 1 heterocycles. The van der Waals surface area contributed by atoms with Gasteiger partial charge in [0.15, 0.2) is 5.78 Å². The Morgan fingerprint density at radius 1 is 1.13 bits per heavy atom. The van der Waals surface area contributed by atoms with Crippen LogP contribution in [0.5, 0.6) is 5.75 Å². The molecular formula is C25H25ClFNO3. The van der Waals surface area contributed by atoms with E-state index in [9.17, 15) is 14.0 Å². The van der Waals surface area contributed by atoms with Crippen LogP contribution < -0.4 is 9.64 Å². The number of benzene rings is 2. The number of halogens is 2. The van der Waals surface area contributed by atoms with Crippen molar-refractivity contribution in [3.8, 4) is 5.75 Å². The first-order chi connectivity index (χ1) is 14.6. The Morgan fingerprint density at radius 3 is 2.45 bits per heavy atom. The number of methoxy groups -OCH3 is 1. The highest BCUT2D eigenvalue weighted by molar-refractivity contribution is 6.31. The molecule has 2 aliphatic rings. The number of ether oxygens (including phenoxy) is 1. The Bertz CT molecular complexity index is 1100. The van der Waals surface area contributed by atoms with E-state index in [0.717, 1.165) is 11.1 Å². The minimum absolute atomic E-state index is 0.0303. The number of amides is 1. The van der Waals surface area contributed by atoms with Gasteiger partial charge in [0.05, 0.1) is 12.8 Å². The van der Waals surface area contributed by atoms with Crippen LogP contribution in [-0.4, -0.2) is 18.8 Å². The number of carbonyl (C=O) groups excluding carboxylic acids is 2. The summed E-state index contributed by atoms with van der Waals surface area (Å²) in [5.74, 6) is -0.352. The van der Waals surface area contributed by atoms with Crippen molar-refractivity contribution in [2.24, 2.45) is 5.41 Å². The summed E-state index contributed by atoms with van der Waals surface area (Å²) in [6.45, 7) is 5.93. The third kappa shape index (κ3) is 3.87. The number of hydrogen-bond donors (Lipinski definition) is 0. The first-order valence-electron chi connectivity index (χ1n) is 10.3. The molecule has 0 saturated carbocycles. The Balaban J connectivity index is 1.94. The van der Waals surface area contributed by atoms with Crippen molar-refractivity contribution in [1.82, 2.24) is 0 Å². The lowest BCUT2D eigenvalue weighted by atomic mass is 9.69. The van der Waals surface area contributed by atoms with Crippen LogP contribution in [0.4, 0.5) is 10.1 Å². The van der Waals surface area contributed by atoms with Crippen LogP contribution in [0.2, 0.25) is 5.02 Å². The first-order valence-corrected chi connectivity index (χ1v) is 10.7. The maximum Gasteiger partial charge on any atom is 0.232 e. The van der Waals surface area contributed by atoms with Crippen molar-refractivity contribution < 1.29 is 18.7 Å². The van der Waals surface area contributed by atoms with Gasteiger partial charge in [0.25, 0.3) is 0 Å². The summed E-state index contributed by atoms with van der Waals surface area (Å²) in [5, 5.41) is 0.545. The quantitative estimate of drug-likeness (QED) is 0.590. The zero-order valence-corrected chi connectivity index (χ0v) is 18.8. The smallest absolute Gasteiger partial charge is 0.232 e. The van der Waals surface area contributed by atoms with Crippen LogP contribution >= 0.6 is 11.6 Å². The molecule has 162 valence electrons. The van der Waals surface area contributed by atoms with Crippen LogP contribution in [0.1, 0.15) is 50.2 Å². The second-order valence-electron chi connectivity index (χ2n) is 9.11. The van der Waals surface area contributed by atoms with Gasteiger partial charge in [-0.1, -0.05) is 37.6 Å². The topological polar surface area (TPSA) is 46.6 Å². The monoisotopic (exact) mass is 441 g/mol. The van der Waals surface area contributed by atoms with Crippen molar-refractivity contribution in [1.29, 1.82) is 0 Å². The van der Waals surface area contributed by atoms with E-state index < -0.39 is 0 Å². The fourth-order valence-electron chi connectivity index (χ4n) is 4.66. The molecule has 2 aromatic carbocycles. The highest BCUT2D eigenvalue weighted by atomic mass is 35.5. The predicted octanol–water partition coefficient (Wildman–Crippen LogP) is 5.96. The number of rotatable bonds is 3. The number of carbonyl (C=O) groups is 2. The van der Waals surface area contributed by atoms with Crippen LogP contribution in [-0.2, 0) is 9.59 Å². The number of nitrogens with zero attached hydrogens (tertiary/aromatic N) is 1. The van der Waals surface area contributed by atoms with Gasteiger partial charge in [-0.15, -0.1) is 0 Å². The van der Waals surface area contributed by atoms with Crippen molar-refractivity contribution in [2.45, 2.75) is 46.0 Å². The van der Waals surface area contributed by atoms with E-state index in [1.54, 1.807) is 23.1 Å². The minimum Gasteiger partial charge on any atom is -0.495 e. The number of hydrogen-bond acceptors (Lipinski definition) is 3. The van der Waals surface area contributed by atoms with Crippen LogP contribution in [0.25, 0.3) is 0 Å². The second kappa shape index (κ2) is 7.79. The van der Waals surface area contributed by atoms with E-state index in [4.69, 9.17) is 16.3 Å². The van der Waals surface area contributed by atoms with Crippen molar-refractivity contribution in [3.05, 3.63) is 69.6 Å². The molecule has 0 spiro atoms. The Hall–Kier alpha value is -2.66. The largest absolute Gasteiger partial charge is 0.495 e. The molecular weight excluding hydrogens is 417 g/mol. The SMILES string of the molecule is COc1cc(Cl)c(C)cc1N1C(=O)CC(c2ccc(F)cc2)C2=C1CC(C)(C)CC2=O. The third-order valence-corrected chi connectivity index (χ3v) is 6.52. The molecule has 1 aliphatic carbocycles. The highest BCUT2D eigenvalue weighted by Gasteiger charge is 2.45. The molecule has 0 saturated heterocycles. The molecule has 2 aromatic rings. The highest BCUT2D eigenvalue weighted by Crippen LogP contribution is 2.49. The van der Waals surface area contributed by atoms with Gasteiger partial charge in [-0.3, -0.25) is 14.5 Å². The van der Waals surface area contributed by atoms with E-state index in [-0.39, 0.29) is 35.3 Å². The van der Waals surface area contributed by atoms with Crippen molar-refractivity contribution in [3.63, 3.8) is 0 Å². The molecule has 0 radical (unpaired) electrons. The normalized spacial score (nSPS) is 20.7. The molecule has 0 N–H and O–H groups in total. The van der Waals surface area contributed by atoms with Gasteiger partial charge in [-0.2, -0.15) is 0 Å². The van der Waals surface area contributed by atoms with Gasteiger partial charge in [-0.25, -0.2) is 4.39 Å². The molecule has 1 amide bonds. The van der Waals surface area contributed by atoms with Gasteiger partial charge in [-0.05, 0) is 48.1 Å². The fourth-order valence-corrected chi connectivity index (χ4v) is 4.81. The summed E-state index contributed by atoms with van der Waals surface area (Å²) < 4.78 is 19.0. The minimum atomic E-state index is -0.387. The lowest BCUT2D eigenvalue weighted by Gasteiger charge is -2.43. The molecule has 0 aromatic heterocycles. The van der Waals surface area contributed by atoms with Crippen LogP contribution in [0.15, 0.2) is 47.7 Å². The van der Waals surface area contributed by atoms with Gasteiger partial charge in [0.2, 0.25) is 5.91 Å². The molecule has 1 unspecified atom stereocenters. The molecule has 0 fully saturated rings. The van der Waals surface area contributed by atoms with E-state index >= 15 is 0 Å². The van der Waals surface area contributed by atoms with Crippen LogP contribution in [0.3, 0.4) is 0 Å². The third-order valence-electron chi connectivity index (χ3n) is 6.12. The Kier molecular flexibility index (Phi) is 5.42. The second-order valence-corrected chi connectivity index (χ2v) is 9.52. The van der Waals surface area contributed by atoms with Crippen LogP contribution in [0, 0.1) is 18.2 Å². The zero-order valence-electron chi connectivity index (χ0n) is 18.1. The number of ketones is 1. The average Bonchev–Trinajstić information content (AvgIpc) is 2.69. The summed E-state index contributed by atoms with van der Waals surface area (Å²) in [7, 11) is 1.53. The summed E-state index contributed by atoms with van der Waals surface area (Å²) in [6.07, 6.45) is 1.10. The zero-order chi connectivity index (χ0) is 22.5. The van der Waals surface area contributed by atoms with E-state index in [2.05, 4.69) is 0 Å². The van der Waals surface area contributed by atoms with Gasteiger partial charge in [0.1, 0.15) is 11.6 Å². The molecule has 6 heteroatoms.